The summed E-state index contributed by atoms with van der Waals surface area (Å²) in [5.41, 5.74) is 0.256. The summed E-state index contributed by atoms with van der Waals surface area (Å²) in [5.74, 6) is -0.522. The van der Waals surface area contributed by atoms with Gasteiger partial charge in [0.25, 0.3) is 0 Å². The highest BCUT2D eigenvalue weighted by Gasteiger charge is 2.52. The van der Waals surface area contributed by atoms with E-state index in [-0.39, 0.29) is 48.0 Å². The summed E-state index contributed by atoms with van der Waals surface area (Å²) in [7, 11) is -3.40. The number of aliphatic imine (C=N–C) groups is 1. The van der Waals surface area contributed by atoms with Gasteiger partial charge in [-0.25, -0.2) is 13.2 Å². The fourth-order valence-corrected chi connectivity index (χ4v) is 5.06. The lowest BCUT2D eigenvalue weighted by molar-refractivity contribution is -0.151. The van der Waals surface area contributed by atoms with E-state index in [4.69, 9.17) is 9.84 Å². The van der Waals surface area contributed by atoms with Gasteiger partial charge in [-0.15, -0.1) is 11.8 Å². The number of rotatable bonds is 6. The number of amides is 1. The SMILES string of the molecule is C[C@H]1C(SC2CN=C(NS(C)(=O)=O)NC2)=C(C(=O)OCCO)N2C(=O)C[C@@H]12. The Morgan fingerprint density at radius 1 is 1.52 bits per heavy atom. The Morgan fingerprint density at radius 2 is 2.26 bits per heavy atom. The number of β-lactam (4-membered cyclic amide) rings is 1. The van der Waals surface area contributed by atoms with Crippen LogP contribution in [0.5, 0.6) is 0 Å². The Hall–Kier alpha value is -1.79. The van der Waals surface area contributed by atoms with Crippen LogP contribution in [0, 0.1) is 5.92 Å². The van der Waals surface area contributed by atoms with Crippen LogP contribution in [0.4, 0.5) is 0 Å². The van der Waals surface area contributed by atoms with Crippen LogP contribution in [0.3, 0.4) is 0 Å². The van der Waals surface area contributed by atoms with Crippen LogP contribution in [0.2, 0.25) is 0 Å². The number of aliphatic hydroxyl groups is 1. The molecule has 0 aromatic carbocycles. The summed E-state index contributed by atoms with van der Waals surface area (Å²) >= 11 is 1.45. The predicted molar refractivity (Wildman–Crippen MR) is 99.1 cm³/mol. The first-order valence-electron chi connectivity index (χ1n) is 8.48. The molecule has 10 nitrogen and oxygen atoms in total. The molecule has 0 radical (unpaired) electrons. The Bertz CT molecular complexity index is 809. The average molecular weight is 418 g/mol. The van der Waals surface area contributed by atoms with Crippen LogP contribution in [0.25, 0.3) is 0 Å². The average Bonchev–Trinajstić information content (AvgIpc) is 2.81. The zero-order valence-corrected chi connectivity index (χ0v) is 16.6. The van der Waals surface area contributed by atoms with Crippen LogP contribution in [0.15, 0.2) is 15.6 Å². The summed E-state index contributed by atoms with van der Waals surface area (Å²) in [6.07, 6.45) is 1.44. The molecule has 0 spiro atoms. The van der Waals surface area contributed by atoms with Crippen LogP contribution in [-0.2, 0) is 24.3 Å². The molecule has 0 saturated carbocycles. The number of thioether (sulfide) groups is 1. The van der Waals surface area contributed by atoms with Gasteiger partial charge in [-0.3, -0.25) is 14.5 Å². The fourth-order valence-electron chi connectivity index (χ4n) is 3.24. The van der Waals surface area contributed by atoms with E-state index in [0.29, 0.717) is 19.5 Å². The Labute approximate surface area is 161 Å². The number of hydrogen-bond acceptors (Lipinski definition) is 9. The van der Waals surface area contributed by atoms with E-state index in [1.54, 1.807) is 0 Å². The first-order valence-corrected chi connectivity index (χ1v) is 11.3. The monoisotopic (exact) mass is 418 g/mol. The highest BCUT2D eigenvalue weighted by Crippen LogP contribution is 2.48. The van der Waals surface area contributed by atoms with Crippen molar-refractivity contribution >= 4 is 39.6 Å². The van der Waals surface area contributed by atoms with E-state index in [1.165, 1.54) is 16.7 Å². The molecule has 27 heavy (non-hydrogen) atoms. The second kappa shape index (κ2) is 7.68. The summed E-state index contributed by atoms with van der Waals surface area (Å²) < 4.78 is 29.9. The van der Waals surface area contributed by atoms with E-state index in [2.05, 4.69) is 15.0 Å². The van der Waals surface area contributed by atoms with Gasteiger partial charge in [0.1, 0.15) is 12.3 Å². The van der Waals surface area contributed by atoms with Crippen molar-refractivity contribution in [3.63, 3.8) is 0 Å². The number of carbonyl (C=O) groups is 2. The predicted octanol–water partition coefficient (Wildman–Crippen LogP) is -1.41. The summed E-state index contributed by atoms with van der Waals surface area (Å²) in [6, 6.07) is -0.0424. The third kappa shape index (κ3) is 4.22. The smallest absolute Gasteiger partial charge is 0.355 e. The van der Waals surface area contributed by atoms with Gasteiger partial charge in [0.15, 0.2) is 0 Å². The molecule has 3 N–H and O–H groups in total. The van der Waals surface area contributed by atoms with Crippen molar-refractivity contribution in [2.24, 2.45) is 10.9 Å². The minimum Gasteiger partial charge on any atom is -0.459 e. The lowest BCUT2D eigenvalue weighted by Crippen LogP contribution is -2.52. The Kier molecular flexibility index (Phi) is 5.68. The van der Waals surface area contributed by atoms with Crippen molar-refractivity contribution < 1.29 is 27.9 Å². The Morgan fingerprint density at radius 3 is 2.81 bits per heavy atom. The molecular formula is C15H22N4O6S2. The standard InChI is InChI=1S/C15H22N4O6S2/c1-8-10-5-11(21)19(10)12(14(22)25-4-3-20)13(8)26-9-6-16-15(17-7-9)18-27(2,23)24/h8-10,20H,3-7H2,1-2H3,(H2,16,17,18)/t8-,10+/m1/s1. The number of ether oxygens (including phenoxy) is 1. The number of hydrogen-bond donors (Lipinski definition) is 3. The van der Waals surface area contributed by atoms with Crippen LogP contribution in [0.1, 0.15) is 13.3 Å². The number of aliphatic hydroxyl groups excluding tert-OH is 1. The van der Waals surface area contributed by atoms with Gasteiger partial charge >= 0.3 is 5.97 Å². The molecule has 150 valence electrons. The van der Waals surface area contributed by atoms with Crippen molar-refractivity contribution in [1.82, 2.24) is 14.9 Å². The maximum atomic E-state index is 12.4. The largest absolute Gasteiger partial charge is 0.459 e. The molecule has 1 fully saturated rings. The quantitative estimate of drug-likeness (QED) is 0.354. The maximum Gasteiger partial charge on any atom is 0.355 e. The number of esters is 1. The molecular weight excluding hydrogens is 396 g/mol. The van der Waals surface area contributed by atoms with Crippen molar-refractivity contribution in [2.45, 2.75) is 24.6 Å². The molecule has 0 aliphatic carbocycles. The van der Waals surface area contributed by atoms with Gasteiger partial charge in [0.05, 0.1) is 25.4 Å². The zero-order valence-electron chi connectivity index (χ0n) is 15.0. The topological polar surface area (TPSA) is 137 Å². The van der Waals surface area contributed by atoms with E-state index in [1.807, 2.05) is 6.92 Å². The minimum atomic E-state index is -3.40. The van der Waals surface area contributed by atoms with Gasteiger partial charge in [-0.2, -0.15) is 0 Å². The minimum absolute atomic E-state index is 0.00361. The summed E-state index contributed by atoms with van der Waals surface area (Å²) in [4.78, 5) is 30.9. The van der Waals surface area contributed by atoms with Crippen molar-refractivity contribution in [3.8, 4) is 0 Å². The molecule has 1 saturated heterocycles. The third-order valence-electron chi connectivity index (χ3n) is 4.49. The van der Waals surface area contributed by atoms with Crippen LogP contribution < -0.4 is 10.0 Å². The second-order valence-corrected chi connectivity index (χ2v) is 9.67. The highest BCUT2D eigenvalue weighted by molar-refractivity contribution is 8.03. The molecule has 3 rings (SSSR count). The molecule has 0 aromatic rings. The molecule has 3 heterocycles. The maximum absolute atomic E-state index is 12.4. The third-order valence-corrected chi connectivity index (χ3v) is 6.53. The number of sulfonamides is 1. The number of guanidine groups is 1. The van der Waals surface area contributed by atoms with E-state index >= 15 is 0 Å². The van der Waals surface area contributed by atoms with Crippen molar-refractivity contribution in [3.05, 3.63) is 10.6 Å². The number of nitrogens with zero attached hydrogens (tertiary/aromatic N) is 2. The number of fused-ring (bicyclic) bond motifs is 1. The lowest BCUT2D eigenvalue weighted by Gasteiger charge is -2.37. The lowest BCUT2D eigenvalue weighted by atomic mass is 9.94. The molecule has 3 atom stereocenters. The molecule has 3 aliphatic rings. The molecule has 1 unspecified atom stereocenters. The normalized spacial score (nSPS) is 27.5. The van der Waals surface area contributed by atoms with Gasteiger partial charge < -0.3 is 20.1 Å². The number of carbonyl (C=O) groups excluding carboxylic acids is 2. The van der Waals surface area contributed by atoms with Crippen LogP contribution >= 0.6 is 11.8 Å². The first kappa shape index (κ1) is 20.0. The van der Waals surface area contributed by atoms with Gasteiger partial charge in [-0.1, -0.05) is 6.92 Å². The first-order chi connectivity index (χ1) is 12.7. The van der Waals surface area contributed by atoms with Gasteiger partial charge in [0.2, 0.25) is 21.9 Å². The highest BCUT2D eigenvalue weighted by atomic mass is 32.2. The summed E-state index contributed by atoms with van der Waals surface area (Å²) in [5, 5.41) is 11.8. The zero-order chi connectivity index (χ0) is 19.8. The molecule has 0 bridgehead atoms. The number of nitrogens with one attached hydrogen (secondary N) is 2. The van der Waals surface area contributed by atoms with E-state index in [0.717, 1.165) is 11.2 Å². The second-order valence-electron chi connectivity index (χ2n) is 6.58. The molecule has 12 heteroatoms. The Balaban J connectivity index is 1.74. The van der Waals surface area contributed by atoms with Crippen LogP contribution in [-0.4, -0.2) is 80.1 Å². The van der Waals surface area contributed by atoms with Crippen molar-refractivity contribution in [1.29, 1.82) is 0 Å². The fraction of sp³-hybridized carbons (Fsp3) is 0.667. The molecule has 3 aliphatic heterocycles. The molecule has 0 aromatic heterocycles. The van der Waals surface area contributed by atoms with Crippen molar-refractivity contribution in [2.75, 3.05) is 32.6 Å². The van der Waals surface area contributed by atoms with E-state index in [9.17, 15) is 18.0 Å². The van der Waals surface area contributed by atoms with Gasteiger partial charge in [-0.05, 0) is 0 Å². The summed E-state index contributed by atoms with van der Waals surface area (Å²) in [6.45, 7) is 2.38. The van der Waals surface area contributed by atoms with E-state index < -0.39 is 16.0 Å². The van der Waals surface area contributed by atoms with Gasteiger partial charge in [0, 0.05) is 29.0 Å². The molecule has 1 amide bonds.